The van der Waals surface area contributed by atoms with Crippen LogP contribution in [-0.4, -0.2) is 49.9 Å². The number of amides is 1. The molecule has 1 aliphatic rings. The molecule has 0 radical (unpaired) electrons. The van der Waals surface area contributed by atoms with Gasteiger partial charge in [-0.1, -0.05) is 0 Å². The van der Waals surface area contributed by atoms with E-state index in [0.29, 0.717) is 9.90 Å². The van der Waals surface area contributed by atoms with E-state index in [4.69, 9.17) is 0 Å². The Morgan fingerprint density at radius 1 is 1.32 bits per heavy atom. The fourth-order valence-corrected chi connectivity index (χ4v) is 2.97. The van der Waals surface area contributed by atoms with E-state index in [9.17, 15) is 22.8 Å². The maximum atomic E-state index is 12.4. The van der Waals surface area contributed by atoms with Crippen LogP contribution in [0.3, 0.4) is 0 Å². The van der Waals surface area contributed by atoms with Crippen LogP contribution < -0.4 is 5.69 Å². The number of carbonyl (C=O) groups is 1. The van der Waals surface area contributed by atoms with E-state index in [1.807, 2.05) is 0 Å². The first-order valence-corrected chi connectivity index (χ1v) is 7.19. The van der Waals surface area contributed by atoms with Gasteiger partial charge in [0, 0.05) is 6.54 Å². The fourth-order valence-electron chi connectivity index (χ4n) is 2.30. The summed E-state index contributed by atoms with van der Waals surface area (Å²) in [4.78, 5) is 24.9. The largest absolute Gasteiger partial charge is 0.406 e. The van der Waals surface area contributed by atoms with Gasteiger partial charge in [-0.3, -0.25) is 4.79 Å². The topological polar surface area (TPSA) is 73.0 Å². The number of aromatic nitrogens is 4. The Bertz CT molecular complexity index is 736. The molecule has 2 aromatic rings. The second-order valence-electron chi connectivity index (χ2n) is 4.75. The van der Waals surface area contributed by atoms with Gasteiger partial charge in [0.05, 0.1) is 0 Å². The maximum Gasteiger partial charge on any atom is 0.406 e. The first kappa shape index (κ1) is 14.8. The van der Waals surface area contributed by atoms with Crippen molar-refractivity contribution in [3.63, 3.8) is 0 Å². The highest BCUT2D eigenvalue weighted by atomic mass is 32.1. The number of thiophene rings is 1. The number of tetrazole rings is 1. The first-order valence-electron chi connectivity index (χ1n) is 6.31. The van der Waals surface area contributed by atoms with Crippen LogP contribution in [0.2, 0.25) is 0 Å². The summed E-state index contributed by atoms with van der Waals surface area (Å²) in [6, 6.07) is 2.33. The minimum Gasteiger partial charge on any atom is -0.332 e. The molecule has 1 atom stereocenters. The van der Waals surface area contributed by atoms with Crippen molar-refractivity contribution in [3.05, 3.63) is 28.0 Å². The van der Waals surface area contributed by atoms with Gasteiger partial charge in [-0.2, -0.15) is 22.5 Å². The molecule has 2 aromatic heterocycles. The standard InChI is InChI=1S/C11H10F3N5O2S/c12-11(13,14)6-17-4-3-7(9(17)20)18-10(21)19(16-15-18)8-2-1-5-22-8/h1-2,5,7H,3-4,6H2/t7-/m0/s1. The van der Waals surface area contributed by atoms with Gasteiger partial charge in [0.15, 0.2) is 0 Å². The van der Waals surface area contributed by atoms with Crippen LogP contribution in [0.5, 0.6) is 0 Å². The van der Waals surface area contributed by atoms with Crippen molar-refractivity contribution in [1.82, 2.24) is 24.7 Å². The van der Waals surface area contributed by atoms with Crippen LogP contribution in [-0.2, 0) is 4.79 Å². The lowest BCUT2D eigenvalue weighted by Gasteiger charge is -2.17. The molecular weight excluding hydrogens is 323 g/mol. The predicted octanol–water partition coefficient (Wildman–Crippen LogP) is 0.826. The molecule has 0 N–H and O–H groups in total. The summed E-state index contributed by atoms with van der Waals surface area (Å²) in [6.07, 6.45) is -4.37. The highest BCUT2D eigenvalue weighted by Gasteiger charge is 2.41. The first-order chi connectivity index (χ1) is 10.4. The van der Waals surface area contributed by atoms with E-state index in [2.05, 4.69) is 10.4 Å². The van der Waals surface area contributed by atoms with Crippen LogP contribution in [0.4, 0.5) is 13.2 Å². The number of hydrogen-bond donors (Lipinski definition) is 0. The molecule has 0 aromatic carbocycles. The maximum absolute atomic E-state index is 12.4. The number of nitrogens with zero attached hydrogens (tertiary/aromatic N) is 5. The van der Waals surface area contributed by atoms with Gasteiger partial charge >= 0.3 is 11.9 Å². The summed E-state index contributed by atoms with van der Waals surface area (Å²) >= 11 is 1.26. The summed E-state index contributed by atoms with van der Waals surface area (Å²) in [7, 11) is 0. The molecule has 3 heterocycles. The van der Waals surface area contributed by atoms with E-state index < -0.39 is 30.4 Å². The summed E-state index contributed by atoms with van der Waals surface area (Å²) in [5.41, 5.74) is -0.644. The fraction of sp³-hybridized carbons (Fsp3) is 0.455. The Morgan fingerprint density at radius 2 is 2.09 bits per heavy atom. The van der Waals surface area contributed by atoms with E-state index >= 15 is 0 Å². The van der Waals surface area contributed by atoms with Crippen LogP contribution in [0.25, 0.3) is 5.00 Å². The summed E-state index contributed by atoms with van der Waals surface area (Å²) in [6.45, 7) is -1.39. The highest BCUT2D eigenvalue weighted by Crippen LogP contribution is 2.25. The average molecular weight is 333 g/mol. The molecule has 118 valence electrons. The molecule has 7 nitrogen and oxygen atoms in total. The minimum absolute atomic E-state index is 0.0681. The summed E-state index contributed by atoms with van der Waals surface area (Å²) in [5, 5.41) is 9.57. The van der Waals surface area contributed by atoms with Crippen molar-refractivity contribution in [2.75, 3.05) is 13.1 Å². The third kappa shape index (κ3) is 2.63. The molecule has 0 unspecified atom stereocenters. The van der Waals surface area contributed by atoms with Crippen molar-refractivity contribution in [2.45, 2.75) is 18.6 Å². The summed E-state index contributed by atoms with van der Waals surface area (Å²) in [5.74, 6) is -0.766. The smallest absolute Gasteiger partial charge is 0.332 e. The molecule has 1 fully saturated rings. The molecule has 1 saturated heterocycles. The molecule has 11 heteroatoms. The van der Waals surface area contributed by atoms with Gasteiger partial charge in [-0.15, -0.1) is 11.3 Å². The third-order valence-electron chi connectivity index (χ3n) is 3.25. The van der Waals surface area contributed by atoms with Crippen LogP contribution >= 0.6 is 11.3 Å². The second-order valence-corrected chi connectivity index (χ2v) is 5.67. The Hall–Kier alpha value is -2.17. The Labute approximate surface area is 125 Å². The lowest BCUT2D eigenvalue weighted by Crippen LogP contribution is -2.38. The zero-order valence-electron chi connectivity index (χ0n) is 11.0. The molecule has 0 saturated carbocycles. The monoisotopic (exact) mass is 333 g/mol. The lowest BCUT2D eigenvalue weighted by atomic mass is 10.2. The zero-order chi connectivity index (χ0) is 15.9. The number of carbonyl (C=O) groups excluding carboxylic acids is 1. The lowest BCUT2D eigenvalue weighted by molar-refractivity contribution is -0.158. The van der Waals surface area contributed by atoms with Gasteiger partial charge < -0.3 is 4.90 Å². The van der Waals surface area contributed by atoms with Gasteiger partial charge in [0.2, 0.25) is 5.91 Å². The molecule has 1 aliphatic heterocycles. The van der Waals surface area contributed by atoms with Gasteiger partial charge in [-0.05, 0) is 34.4 Å². The molecule has 22 heavy (non-hydrogen) atoms. The molecule has 0 aliphatic carbocycles. The number of hydrogen-bond acceptors (Lipinski definition) is 5. The van der Waals surface area contributed by atoms with Crippen molar-refractivity contribution in [2.24, 2.45) is 0 Å². The minimum atomic E-state index is -4.47. The Balaban J connectivity index is 1.84. The van der Waals surface area contributed by atoms with Crippen molar-refractivity contribution in [3.8, 4) is 5.00 Å². The van der Waals surface area contributed by atoms with Crippen molar-refractivity contribution in [1.29, 1.82) is 0 Å². The average Bonchev–Trinajstić information content (AvgIpc) is 3.11. The quantitative estimate of drug-likeness (QED) is 0.834. The number of rotatable bonds is 3. The van der Waals surface area contributed by atoms with Gasteiger partial charge in [0.1, 0.15) is 17.6 Å². The van der Waals surface area contributed by atoms with E-state index in [-0.39, 0.29) is 13.0 Å². The zero-order valence-corrected chi connectivity index (χ0v) is 11.8. The van der Waals surface area contributed by atoms with Crippen LogP contribution in [0.1, 0.15) is 12.5 Å². The van der Waals surface area contributed by atoms with Crippen molar-refractivity contribution >= 4 is 17.2 Å². The van der Waals surface area contributed by atoms with Crippen LogP contribution in [0, 0.1) is 0 Å². The number of alkyl halides is 3. The van der Waals surface area contributed by atoms with E-state index in [1.54, 1.807) is 17.5 Å². The normalized spacial score (nSPS) is 19.1. The van der Waals surface area contributed by atoms with Crippen molar-refractivity contribution < 1.29 is 18.0 Å². The Morgan fingerprint density at radius 3 is 2.73 bits per heavy atom. The molecule has 0 bridgehead atoms. The van der Waals surface area contributed by atoms with E-state index in [0.717, 1.165) is 9.36 Å². The van der Waals surface area contributed by atoms with Gasteiger partial charge in [0.25, 0.3) is 0 Å². The predicted molar refractivity (Wildman–Crippen MR) is 69.8 cm³/mol. The Kier molecular flexibility index (Phi) is 3.51. The van der Waals surface area contributed by atoms with E-state index in [1.165, 1.54) is 11.3 Å². The van der Waals surface area contributed by atoms with Crippen LogP contribution in [0.15, 0.2) is 22.3 Å². The third-order valence-corrected chi connectivity index (χ3v) is 4.10. The number of likely N-dealkylation sites (tertiary alicyclic amines) is 1. The molecule has 1 amide bonds. The molecule has 3 rings (SSSR count). The summed E-state index contributed by atoms with van der Waals surface area (Å²) < 4.78 is 39.0. The SMILES string of the molecule is O=C1[C@@H](n2nnn(-c3cccs3)c2=O)CCN1CC(F)(F)F. The molecule has 0 spiro atoms. The van der Waals surface area contributed by atoms with Gasteiger partial charge in [-0.25, -0.2) is 4.79 Å². The number of halogens is 3. The molecular formula is C11H10F3N5O2S. The highest BCUT2D eigenvalue weighted by molar-refractivity contribution is 7.12. The second kappa shape index (κ2) is 5.23.